The second kappa shape index (κ2) is 7.23. The third kappa shape index (κ3) is 3.18. The fourth-order valence-corrected chi connectivity index (χ4v) is 3.91. The van der Waals surface area contributed by atoms with Gasteiger partial charge in [-0.2, -0.15) is 5.10 Å². The number of hydrazine groups is 2. The molecule has 132 valence electrons. The number of aryl methyl sites for hydroxylation is 1. The molecule has 0 atom stereocenters. The summed E-state index contributed by atoms with van der Waals surface area (Å²) in [6.07, 6.45) is 1.88. The maximum atomic E-state index is 4.67. The minimum absolute atomic E-state index is 0.820. The number of para-hydroxylation sites is 1. The largest absolute Gasteiger partial charge is 0.274 e. The van der Waals surface area contributed by atoms with Crippen molar-refractivity contribution in [1.82, 2.24) is 25.9 Å². The first kappa shape index (κ1) is 16.7. The Morgan fingerprint density at radius 3 is 2.54 bits per heavy atom. The lowest BCUT2D eigenvalue weighted by Crippen LogP contribution is -2.37. The summed E-state index contributed by atoms with van der Waals surface area (Å²) < 4.78 is 2.01. The summed E-state index contributed by atoms with van der Waals surface area (Å²) in [6, 6.07) is 18.7. The Morgan fingerprint density at radius 1 is 1.04 bits per heavy atom. The number of nitrogens with one attached hydrogen (secondary N) is 2. The predicted octanol–water partition coefficient (Wildman–Crippen LogP) is 3.09. The molecule has 0 unspecified atom stereocenters. The van der Waals surface area contributed by atoms with E-state index in [1.54, 1.807) is 11.8 Å². The van der Waals surface area contributed by atoms with Crippen molar-refractivity contribution in [2.24, 2.45) is 5.10 Å². The van der Waals surface area contributed by atoms with E-state index in [-0.39, 0.29) is 0 Å². The van der Waals surface area contributed by atoms with Crippen LogP contribution in [0.5, 0.6) is 0 Å². The SMILES string of the molecule is Cc1ccccc1-n1ncc(C2=NNNN2C)c1SCc1ccccc1. The molecule has 3 aromatic rings. The number of nitrogens with zero attached hydrogens (tertiary/aromatic N) is 4. The number of hydrogen-bond acceptors (Lipinski definition) is 6. The zero-order chi connectivity index (χ0) is 17.9. The molecule has 1 aliphatic rings. The topological polar surface area (TPSA) is 57.5 Å². The Balaban J connectivity index is 1.75. The lowest BCUT2D eigenvalue weighted by molar-refractivity contribution is 0.348. The third-order valence-electron chi connectivity index (χ3n) is 4.23. The van der Waals surface area contributed by atoms with Crippen molar-refractivity contribution in [2.45, 2.75) is 17.7 Å². The highest BCUT2D eigenvalue weighted by Crippen LogP contribution is 2.30. The van der Waals surface area contributed by atoms with Gasteiger partial charge >= 0.3 is 0 Å². The lowest BCUT2D eigenvalue weighted by Gasteiger charge is -2.14. The van der Waals surface area contributed by atoms with Gasteiger partial charge in [0.1, 0.15) is 5.03 Å². The van der Waals surface area contributed by atoms with E-state index in [2.05, 4.69) is 64.6 Å². The van der Waals surface area contributed by atoms with Gasteiger partial charge in [-0.15, -0.1) is 22.4 Å². The monoisotopic (exact) mass is 364 g/mol. The number of hydrazone groups is 1. The maximum absolute atomic E-state index is 4.67. The molecule has 0 aliphatic carbocycles. The van der Waals surface area contributed by atoms with E-state index in [1.807, 2.05) is 41.1 Å². The smallest absolute Gasteiger partial charge is 0.177 e. The Morgan fingerprint density at radius 2 is 1.81 bits per heavy atom. The van der Waals surface area contributed by atoms with Crippen molar-refractivity contribution in [3.8, 4) is 5.69 Å². The fourth-order valence-electron chi connectivity index (χ4n) is 2.85. The van der Waals surface area contributed by atoms with Crippen molar-refractivity contribution >= 4 is 17.6 Å². The van der Waals surface area contributed by atoms with Crippen molar-refractivity contribution in [3.05, 3.63) is 77.5 Å². The van der Waals surface area contributed by atoms with Gasteiger partial charge in [-0.05, 0) is 24.1 Å². The molecule has 2 N–H and O–H groups in total. The van der Waals surface area contributed by atoms with E-state index in [1.165, 1.54) is 11.1 Å². The van der Waals surface area contributed by atoms with Gasteiger partial charge in [0.25, 0.3) is 0 Å². The van der Waals surface area contributed by atoms with Crippen LogP contribution in [0.4, 0.5) is 0 Å². The van der Waals surface area contributed by atoms with Crippen LogP contribution in [0.15, 0.2) is 70.9 Å². The molecular weight excluding hydrogens is 344 g/mol. The Bertz CT molecular complexity index is 934. The maximum Gasteiger partial charge on any atom is 0.177 e. The lowest BCUT2D eigenvalue weighted by atomic mass is 10.2. The number of thioether (sulfide) groups is 1. The Labute approximate surface area is 156 Å². The second-order valence-electron chi connectivity index (χ2n) is 6.05. The minimum Gasteiger partial charge on any atom is -0.274 e. The molecule has 0 saturated heterocycles. The number of hydrogen-bond donors (Lipinski definition) is 2. The molecule has 0 bridgehead atoms. The molecule has 2 heterocycles. The van der Waals surface area contributed by atoms with Crippen LogP contribution in [-0.2, 0) is 5.75 Å². The summed E-state index contributed by atoms with van der Waals surface area (Å²) >= 11 is 1.76. The van der Waals surface area contributed by atoms with E-state index in [0.29, 0.717) is 0 Å². The number of aromatic nitrogens is 2. The molecule has 0 fully saturated rings. The predicted molar refractivity (Wildman–Crippen MR) is 105 cm³/mol. The van der Waals surface area contributed by atoms with Crippen LogP contribution >= 0.6 is 11.8 Å². The van der Waals surface area contributed by atoms with Crippen LogP contribution < -0.4 is 11.1 Å². The normalized spacial score (nSPS) is 13.6. The average molecular weight is 364 g/mol. The van der Waals surface area contributed by atoms with E-state index in [9.17, 15) is 0 Å². The van der Waals surface area contributed by atoms with Crippen LogP contribution in [-0.4, -0.2) is 27.7 Å². The highest BCUT2D eigenvalue weighted by molar-refractivity contribution is 7.98. The van der Waals surface area contributed by atoms with Gasteiger partial charge in [0, 0.05) is 12.8 Å². The highest BCUT2D eigenvalue weighted by Gasteiger charge is 2.23. The average Bonchev–Trinajstić information content (AvgIpc) is 3.27. The molecule has 7 heteroatoms. The number of rotatable bonds is 5. The van der Waals surface area contributed by atoms with Crippen molar-refractivity contribution in [2.75, 3.05) is 7.05 Å². The van der Waals surface area contributed by atoms with E-state index in [4.69, 9.17) is 0 Å². The molecule has 1 aliphatic heterocycles. The van der Waals surface area contributed by atoms with Gasteiger partial charge in [-0.25, -0.2) is 10.2 Å². The van der Waals surface area contributed by atoms with Gasteiger partial charge in [0.2, 0.25) is 0 Å². The molecule has 0 amide bonds. The van der Waals surface area contributed by atoms with Gasteiger partial charge in [-0.3, -0.25) is 5.01 Å². The Kier molecular flexibility index (Phi) is 4.64. The fraction of sp³-hybridized carbons (Fsp3) is 0.158. The number of amidine groups is 1. The molecule has 26 heavy (non-hydrogen) atoms. The summed E-state index contributed by atoms with van der Waals surface area (Å²) in [7, 11) is 1.93. The van der Waals surface area contributed by atoms with Crippen LogP contribution in [0.3, 0.4) is 0 Å². The summed E-state index contributed by atoms with van der Waals surface area (Å²) in [5.74, 6) is 1.68. The standard InChI is InChI=1S/C19H20N6S/c1-14-8-6-7-11-17(14)25-19(26-13-15-9-4-3-5-10-15)16(12-20-25)18-21-22-23-24(18)2/h3-12,22-23H,13H2,1-2H3. The van der Waals surface area contributed by atoms with Gasteiger partial charge < -0.3 is 0 Å². The van der Waals surface area contributed by atoms with E-state index >= 15 is 0 Å². The highest BCUT2D eigenvalue weighted by atomic mass is 32.2. The quantitative estimate of drug-likeness (QED) is 0.682. The summed E-state index contributed by atoms with van der Waals surface area (Å²) in [6.45, 7) is 2.10. The van der Waals surface area contributed by atoms with Crippen LogP contribution in [0.25, 0.3) is 5.69 Å². The Hall–Kier alpha value is -2.77. The zero-order valence-electron chi connectivity index (χ0n) is 14.7. The van der Waals surface area contributed by atoms with Crippen LogP contribution in [0, 0.1) is 6.92 Å². The molecule has 4 rings (SSSR count). The first-order chi connectivity index (χ1) is 12.7. The molecule has 0 saturated carbocycles. The summed E-state index contributed by atoms with van der Waals surface area (Å²) in [4.78, 5) is 0. The third-order valence-corrected chi connectivity index (χ3v) is 5.37. The van der Waals surface area contributed by atoms with Gasteiger partial charge in [-0.1, -0.05) is 48.5 Å². The summed E-state index contributed by atoms with van der Waals surface area (Å²) in [5, 5.41) is 11.9. The van der Waals surface area contributed by atoms with E-state index < -0.39 is 0 Å². The minimum atomic E-state index is 0.820. The van der Waals surface area contributed by atoms with Crippen LogP contribution in [0.2, 0.25) is 0 Å². The first-order valence-corrected chi connectivity index (χ1v) is 9.36. The molecule has 1 aromatic heterocycles. The van der Waals surface area contributed by atoms with Gasteiger partial charge in [0.15, 0.2) is 5.84 Å². The zero-order valence-corrected chi connectivity index (χ0v) is 15.5. The molecule has 6 nitrogen and oxygen atoms in total. The van der Waals surface area contributed by atoms with Crippen LogP contribution in [0.1, 0.15) is 16.7 Å². The van der Waals surface area contributed by atoms with Crippen molar-refractivity contribution < 1.29 is 0 Å². The number of benzene rings is 2. The van der Waals surface area contributed by atoms with Gasteiger partial charge in [0.05, 0.1) is 17.4 Å². The second-order valence-corrected chi connectivity index (χ2v) is 7.02. The molecule has 0 radical (unpaired) electrons. The van der Waals surface area contributed by atoms with Crippen molar-refractivity contribution in [1.29, 1.82) is 0 Å². The van der Waals surface area contributed by atoms with Crippen molar-refractivity contribution in [3.63, 3.8) is 0 Å². The van der Waals surface area contributed by atoms with E-state index in [0.717, 1.165) is 27.9 Å². The molecular formula is C19H20N6S. The molecule has 2 aromatic carbocycles. The first-order valence-electron chi connectivity index (χ1n) is 8.37. The summed E-state index contributed by atoms with van der Waals surface area (Å²) in [5.41, 5.74) is 10.3. The molecule has 0 spiro atoms.